The predicted octanol–water partition coefficient (Wildman–Crippen LogP) is 1.51. The Labute approximate surface area is 110 Å². The number of hydrogen-bond donors (Lipinski definition) is 1. The summed E-state index contributed by atoms with van der Waals surface area (Å²) in [6.45, 7) is 7.71. The van der Waals surface area contributed by atoms with Crippen molar-refractivity contribution in [1.82, 2.24) is 14.7 Å². The smallest absolute Gasteiger partial charge is 0.0521 e. The first-order valence-electron chi connectivity index (χ1n) is 7.25. The molecule has 102 valence electrons. The molecule has 0 spiro atoms. The van der Waals surface area contributed by atoms with Crippen LogP contribution in [0.3, 0.4) is 0 Å². The van der Waals surface area contributed by atoms with Crippen LogP contribution in [-0.2, 0) is 13.0 Å². The summed E-state index contributed by atoms with van der Waals surface area (Å²) >= 11 is 0. The topological polar surface area (TPSA) is 47.1 Å². The minimum Gasteiger partial charge on any atom is -0.330 e. The molecule has 2 N–H and O–H groups in total. The largest absolute Gasteiger partial charge is 0.330 e. The fourth-order valence-electron chi connectivity index (χ4n) is 2.66. The molecule has 0 saturated carbocycles. The van der Waals surface area contributed by atoms with Crippen LogP contribution < -0.4 is 5.73 Å². The Bertz CT molecular complexity index is 339. The zero-order chi connectivity index (χ0) is 12.8. The van der Waals surface area contributed by atoms with Crippen molar-refractivity contribution in [2.24, 2.45) is 11.7 Å². The van der Waals surface area contributed by atoms with Gasteiger partial charge >= 0.3 is 0 Å². The van der Waals surface area contributed by atoms with E-state index in [1.54, 1.807) is 0 Å². The van der Waals surface area contributed by atoms with E-state index in [9.17, 15) is 0 Å². The van der Waals surface area contributed by atoms with E-state index in [1.807, 2.05) is 6.20 Å². The quantitative estimate of drug-likeness (QED) is 0.832. The molecule has 0 bridgehead atoms. The lowest BCUT2D eigenvalue weighted by atomic mass is 9.97. The van der Waals surface area contributed by atoms with Gasteiger partial charge in [0, 0.05) is 12.7 Å². The maximum absolute atomic E-state index is 5.55. The monoisotopic (exact) mass is 250 g/mol. The van der Waals surface area contributed by atoms with Crippen molar-refractivity contribution in [2.75, 3.05) is 26.2 Å². The molecule has 1 aliphatic heterocycles. The molecule has 4 heteroatoms. The number of hydrogen-bond acceptors (Lipinski definition) is 3. The van der Waals surface area contributed by atoms with Gasteiger partial charge in [-0.15, -0.1) is 0 Å². The minimum absolute atomic E-state index is 0.795. The van der Waals surface area contributed by atoms with E-state index in [2.05, 4.69) is 27.8 Å². The molecule has 0 atom stereocenters. The van der Waals surface area contributed by atoms with Gasteiger partial charge in [0.2, 0.25) is 0 Å². The highest BCUT2D eigenvalue weighted by molar-refractivity contribution is 5.02. The molecular formula is C14H26N4. The number of likely N-dealkylation sites (tertiary alicyclic amines) is 1. The normalized spacial score (nSPS) is 18.3. The van der Waals surface area contributed by atoms with Crippen molar-refractivity contribution >= 4 is 0 Å². The molecule has 1 aliphatic rings. The van der Waals surface area contributed by atoms with Crippen molar-refractivity contribution in [3.8, 4) is 0 Å². The molecule has 4 nitrogen and oxygen atoms in total. The lowest BCUT2D eigenvalue weighted by Crippen LogP contribution is -2.36. The Balaban J connectivity index is 1.73. The van der Waals surface area contributed by atoms with Gasteiger partial charge in [0.05, 0.1) is 6.20 Å². The fourth-order valence-corrected chi connectivity index (χ4v) is 2.66. The third kappa shape index (κ3) is 3.82. The first-order valence-corrected chi connectivity index (χ1v) is 7.25. The first-order chi connectivity index (χ1) is 8.81. The Morgan fingerprint density at radius 1 is 1.39 bits per heavy atom. The molecule has 1 aromatic heterocycles. The van der Waals surface area contributed by atoms with Gasteiger partial charge < -0.3 is 10.6 Å². The molecule has 1 fully saturated rings. The molecule has 2 heterocycles. The van der Waals surface area contributed by atoms with Crippen LogP contribution >= 0.6 is 0 Å². The van der Waals surface area contributed by atoms with Crippen LogP contribution in [0.2, 0.25) is 0 Å². The second kappa shape index (κ2) is 6.90. The van der Waals surface area contributed by atoms with Crippen molar-refractivity contribution in [3.63, 3.8) is 0 Å². The van der Waals surface area contributed by atoms with Gasteiger partial charge in [-0.2, -0.15) is 5.10 Å². The van der Waals surface area contributed by atoms with Gasteiger partial charge in [-0.05, 0) is 63.3 Å². The minimum atomic E-state index is 0.795. The van der Waals surface area contributed by atoms with Gasteiger partial charge in [0.25, 0.3) is 0 Å². The fraction of sp³-hybridized carbons (Fsp3) is 0.786. The van der Waals surface area contributed by atoms with Crippen LogP contribution in [0.25, 0.3) is 0 Å². The number of nitrogens with zero attached hydrogens (tertiary/aromatic N) is 3. The van der Waals surface area contributed by atoms with Crippen molar-refractivity contribution < 1.29 is 0 Å². The zero-order valence-electron chi connectivity index (χ0n) is 11.5. The first kappa shape index (κ1) is 13.6. The molecule has 0 aromatic carbocycles. The number of nitrogens with two attached hydrogens (primary N) is 1. The maximum atomic E-state index is 5.55. The number of piperidine rings is 1. The molecule has 0 aliphatic carbocycles. The SMILES string of the molecule is CCc1cnn(CC2CCN(CCCN)CC2)c1. The van der Waals surface area contributed by atoms with Crippen LogP contribution in [0.15, 0.2) is 12.4 Å². The number of aryl methyl sites for hydroxylation is 1. The molecular weight excluding hydrogens is 224 g/mol. The Kier molecular flexibility index (Phi) is 5.20. The number of aromatic nitrogens is 2. The standard InChI is InChI=1S/C14H26N4/c1-2-13-10-16-18(11-13)12-14-4-8-17(9-5-14)7-3-6-15/h10-11,14H,2-9,12,15H2,1H3. The van der Waals surface area contributed by atoms with Crippen molar-refractivity contribution in [3.05, 3.63) is 18.0 Å². The van der Waals surface area contributed by atoms with Gasteiger partial charge in [-0.1, -0.05) is 6.92 Å². The summed E-state index contributed by atoms with van der Waals surface area (Å²) in [5.41, 5.74) is 6.90. The third-order valence-electron chi connectivity index (χ3n) is 3.93. The highest BCUT2D eigenvalue weighted by Gasteiger charge is 2.19. The van der Waals surface area contributed by atoms with Gasteiger partial charge in [-0.25, -0.2) is 0 Å². The third-order valence-corrected chi connectivity index (χ3v) is 3.93. The average molecular weight is 250 g/mol. The summed E-state index contributed by atoms with van der Waals surface area (Å²) in [4.78, 5) is 2.55. The van der Waals surface area contributed by atoms with E-state index in [1.165, 1.54) is 38.0 Å². The van der Waals surface area contributed by atoms with E-state index in [4.69, 9.17) is 5.73 Å². The van der Waals surface area contributed by atoms with Crippen LogP contribution in [0.4, 0.5) is 0 Å². The summed E-state index contributed by atoms with van der Waals surface area (Å²) in [6.07, 6.45) is 9.00. The van der Waals surface area contributed by atoms with Crippen LogP contribution in [0.1, 0.15) is 31.7 Å². The second-order valence-electron chi connectivity index (χ2n) is 5.35. The Morgan fingerprint density at radius 3 is 2.78 bits per heavy atom. The molecule has 1 aromatic rings. The lowest BCUT2D eigenvalue weighted by molar-refractivity contribution is 0.170. The summed E-state index contributed by atoms with van der Waals surface area (Å²) in [5.74, 6) is 0.795. The Hall–Kier alpha value is -0.870. The summed E-state index contributed by atoms with van der Waals surface area (Å²) < 4.78 is 2.12. The van der Waals surface area contributed by atoms with E-state index in [0.29, 0.717) is 0 Å². The Morgan fingerprint density at radius 2 is 2.17 bits per heavy atom. The molecule has 1 saturated heterocycles. The molecule has 0 amide bonds. The second-order valence-corrected chi connectivity index (χ2v) is 5.35. The average Bonchev–Trinajstić information content (AvgIpc) is 2.86. The van der Waals surface area contributed by atoms with E-state index in [-0.39, 0.29) is 0 Å². The summed E-state index contributed by atoms with van der Waals surface area (Å²) in [5, 5.41) is 4.44. The van der Waals surface area contributed by atoms with Crippen LogP contribution in [0.5, 0.6) is 0 Å². The molecule has 0 unspecified atom stereocenters. The zero-order valence-corrected chi connectivity index (χ0v) is 11.5. The van der Waals surface area contributed by atoms with Crippen LogP contribution in [-0.4, -0.2) is 40.9 Å². The van der Waals surface area contributed by atoms with E-state index in [0.717, 1.165) is 31.8 Å². The highest BCUT2D eigenvalue weighted by Crippen LogP contribution is 2.19. The van der Waals surface area contributed by atoms with E-state index >= 15 is 0 Å². The van der Waals surface area contributed by atoms with Crippen LogP contribution in [0, 0.1) is 5.92 Å². The van der Waals surface area contributed by atoms with Crippen molar-refractivity contribution in [2.45, 2.75) is 39.2 Å². The predicted molar refractivity (Wildman–Crippen MR) is 74.4 cm³/mol. The van der Waals surface area contributed by atoms with Gasteiger partial charge in [-0.3, -0.25) is 4.68 Å². The molecule has 18 heavy (non-hydrogen) atoms. The summed E-state index contributed by atoms with van der Waals surface area (Å²) in [6, 6.07) is 0. The summed E-state index contributed by atoms with van der Waals surface area (Å²) in [7, 11) is 0. The van der Waals surface area contributed by atoms with E-state index < -0.39 is 0 Å². The molecule has 0 radical (unpaired) electrons. The number of rotatable bonds is 6. The lowest BCUT2D eigenvalue weighted by Gasteiger charge is -2.31. The highest BCUT2D eigenvalue weighted by atomic mass is 15.3. The maximum Gasteiger partial charge on any atom is 0.0521 e. The van der Waals surface area contributed by atoms with Gasteiger partial charge in [0.1, 0.15) is 0 Å². The molecule has 2 rings (SSSR count). The van der Waals surface area contributed by atoms with Crippen molar-refractivity contribution in [1.29, 1.82) is 0 Å². The van der Waals surface area contributed by atoms with Gasteiger partial charge in [0.15, 0.2) is 0 Å².